The van der Waals surface area contributed by atoms with Gasteiger partial charge in [0.1, 0.15) is 5.41 Å². The van der Waals surface area contributed by atoms with E-state index in [-0.39, 0.29) is 16.9 Å². The Balaban J connectivity index is 1.63. The highest BCUT2D eigenvalue weighted by Gasteiger charge is 2.51. The number of amides is 2. The Bertz CT molecular complexity index is 1050. The molecule has 1 aliphatic rings. The molecule has 0 unspecified atom stereocenters. The molecule has 162 valence electrons. The highest BCUT2D eigenvalue weighted by Crippen LogP contribution is 2.36. The minimum atomic E-state index is -1.20. The van der Waals surface area contributed by atoms with Crippen molar-refractivity contribution in [1.82, 2.24) is 20.2 Å². The van der Waals surface area contributed by atoms with Crippen LogP contribution in [0.1, 0.15) is 29.5 Å². The lowest BCUT2D eigenvalue weighted by Gasteiger charge is -2.41. The molecule has 3 heterocycles. The lowest BCUT2D eigenvalue weighted by atomic mass is 9.74. The smallest absolute Gasteiger partial charge is 0.244 e. The maximum Gasteiger partial charge on any atom is 0.244 e. The molecule has 3 aromatic rings. The van der Waals surface area contributed by atoms with E-state index in [4.69, 9.17) is 12.2 Å². The van der Waals surface area contributed by atoms with Gasteiger partial charge in [-0.2, -0.15) is 0 Å². The number of carbonyl (C=O) groups excluding carboxylic acids is 2. The molecule has 1 aliphatic heterocycles. The normalized spacial score (nSPS) is 15.5. The summed E-state index contributed by atoms with van der Waals surface area (Å²) in [7, 11) is 0. The van der Waals surface area contributed by atoms with E-state index in [9.17, 15) is 9.59 Å². The van der Waals surface area contributed by atoms with E-state index in [2.05, 4.69) is 15.3 Å². The fourth-order valence-corrected chi connectivity index (χ4v) is 4.26. The topological polar surface area (TPSA) is 75.2 Å². The van der Waals surface area contributed by atoms with Crippen LogP contribution in [0.25, 0.3) is 0 Å². The largest absolute Gasteiger partial charge is 0.302 e. The molecule has 32 heavy (non-hydrogen) atoms. The molecule has 1 fully saturated rings. The number of pyridine rings is 2. The van der Waals surface area contributed by atoms with Crippen molar-refractivity contribution in [1.29, 1.82) is 0 Å². The van der Waals surface area contributed by atoms with Gasteiger partial charge in [-0.3, -0.25) is 24.5 Å². The maximum atomic E-state index is 13.9. The van der Waals surface area contributed by atoms with Crippen LogP contribution in [0.15, 0.2) is 79.4 Å². The number of rotatable bonds is 8. The maximum absolute atomic E-state index is 13.9. The standard InChI is InChI=1S/C25H24N4O2S/c30-22-25(12-6-19-8-14-26-15-9-19,13-7-20-10-16-27-17-11-20)23(31)29(24(32)28-22)18-21-4-2-1-3-5-21/h1-5,8-11,14-17H,6-7,12-13,18H2,(H,28,30,32). The van der Waals surface area contributed by atoms with Crippen molar-refractivity contribution in [2.45, 2.75) is 32.2 Å². The summed E-state index contributed by atoms with van der Waals surface area (Å²) in [5.41, 5.74) is 1.82. The van der Waals surface area contributed by atoms with Crippen molar-refractivity contribution in [2.24, 2.45) is 5.41 Å². The number of thiocarbonyl (C=S) groups is 1. The quantitative estimate of drug-likeness (QED) is 0.425. The van der Waals surface area contributed by atoms with Crippen molar-refractivity contribution in [2.75, 3.05) is 0 Å². The Hall–Kier alpha value is -3.45. The number of aryl methyl sites for hydroxylation is 2. The van der Waals surface area contributed by atoms with Crippen LogP contribution in [0, 0.1) is 5.41 Å². The van der Waals surface area contributed by atoms with Crippen LogP contribution in [0.4, 0.5) is 0 Å². The second-order valence-corrected chi connectivity index (χ2v) is 8.32. The van der Waals surface area contributed by atoms with Gasteiger partial charge < -0.3 is 5.32 Å². The molecule has 1 saturated heterocycles. The zero-order chi connectivity index (χ0) is 22.4. The summed E-state index contributed by atoms with van der Waals surface area (Å²) in [4.78, 5) is 36.8. The fourth-order valence-electron chi connectivity index (χ4n) is 4.02. The lowest BCUT2D eigenvalue weighted by Crippen LogP contribution is -2.63. The second kappa shape index (κ2) is 9.78. The SMILES string of the molecule is O=C1NC(=S)N(Cc2ccccc2)C(=O)C1(CCc1ccncc1)CCc1ccncc1. The second-order valence-electron chi connectivity index (χ2n) is 7.93. The van der Waals surface area contributed by atoms with Crippen LogP contribution in [0.5, 0.6) is 0 Å². The molecule has 1 aromatic carbocycles. The summed E-state index contributed by atoms with van der Waals surface area (Å²) >= 11 is 5.39. The number of aromatic nitrogens is 2. The van der Waals surface area contributed by atoms with Crippen molar-refractivity contribution < 1.29 is 9.59 Å². The molecule has 4 rings (SSSR count). The van der Waals surface area contributed by atoms with Gasteiger partial charge in [-0.05, 0) is 78.9 Å². The number of carbonyl (C=O) groups is 2. The molecule has 2 amide bonds. The Morgan fingerprint density at radius 2 is 1.31 bits per heavy atom. The molecule has 0 saturated carbocycles. The van der Waals surface area contributed by atoms with Crippen LogP contribution in [-0.4, -0.2) is 31.8 Å². The Kier molecular flexibility index (Phi) is 6.66. The number of nitrogens with zero attached hydrogens (tertiary/aromatic N) is 3. The van der Waals surface area contributed by atoms with Crippen molar-refractivity contribution in [3.8, 4) is 0 Å². The summed E-state index contributed by atoms with van der Waals surface area (Å²) in [5.74, 6) is -0.557. The van der Waals surface area contributed by atoms with Crippen molar-refractivity contribution in [3.63, 3.8) is 0 Å². The average molecular weight is 445 g/mol. The van der Waals surface area contributed by atoms with Gasteiger partial charge in [0.2, 0.25) is 11.8 Å². The van der Waals surface area contributed by atoms with Gasteiger partial charge >= 0.3 is 0 Å². The molecular weight excluding hydrogens is 420 g/mol. The highest BCUT2D eigenvalue weighted by molar-refractivity contribution is 7.80. The van der Waals surface area contributed by atoms with E-state index in [0.717, 1.165) is 16.7 Å². The lowest BCUT2D eigenvalue weighted by molar-refractivity contribution is -0.151. The first-order chi connectivity index (χ1) is 15.6. The van der Waals surface area contributed by atoms with Gasteiger partial charge in [-0.25, -0.2) is 0 Å². The predicted octanol–water partition coefficient (Wildman–Crippen LogP) is 3.47. The van der Waals surface area contributed by atoms with Crippen LogP contribution in [0.3, 0.4) is 0 Å². The zero-order valence-electron chi connectivity index (χ0n) is 17.6. The van der Waals surface area contributed by atoms with Gasteiger partial charge in [-0.1, -0.05) is 30.3 Å². The van der Waals surface area contributed by atoms with Crippen LogP contribution in [0.2, 0.25) is 0 Å². The molecule has 0 aliphatic carbocycles. The third kappa shape index (κ3) is 4.73. The van der Waals surface area contributed by atoms with Gasteiger partial charge in [0.25, 0.3) is 0 Å². The molecule has 6 nitrogen and oxygen atoms in total. The van der Waals surface area contributed by atoms with Crippen LogP contribution in [-0.2, 0) is 29.0 Å². The zero-order valence-corrected chi connectivity index (χ0v) is 18.4. The molecule has 1 N–H and O–H groups in total. The van der Waals surface area contributed by atoms with E-state index in [0.29, 0.717) is 32.2 Å². The molecule has 2 aromatic heterocycles. The van der Waals surface area contributed by atoms with Gasteiger partial charge in [0, 0.05) is 24.8 Å². The van der Waals surface area contributed by atoms with Crippen LogP contribution < -0.4 is 5.32 Å². The number of benzene rings is 1. The third-order valence-electron chi connectivity index (χ3n) is 5.92. The average Bonchev–Trinajstić information content (AvgIpc) is 2.83. The number of nitrogens with one attached hydrogen (secondary N) is 1. The van der Waals surface area contributed by atoms with E-state index < -0.39 is 5.41 Å². The molecule has 0 atom stereocenters. The molecule has 0 spiro atoms. The summed E-state index contributed by atoms with van der Waals surface area (Å²) in [6.45, 7) is 0.324. The van der Waals surface area contributed by atoms with Gasteiger partial charge in [0.05, 0.1) is 6.54 Å². The summed E-state index contributed by atoms with van der Waals surface area (Å²) in [6, 6.07) is 17.3. The minimum absolute atomic E-state index is 0.160. The first-order valence-electron chi connectivity index (χ1n) is 10.6. The van der Waals surface area contributed by atoms with Gasteiger partial charge in [0.15, 0.2) is 5.11 Å². The van der Waals surface area contributed by atoms with Crippen LogP contribution >= 0.6 is 12.2 Å². The molecule has 7 heteroatoms. The van der Waals surface area contributed by atoms with E-state index >= 15 is 0 Å². The molecular formula is C25H24N4O2S. The molecule has 0 bridgehead atoms. The third-order valence-corrected chi connectivity index (χ3v) is 6.24. The number of hydrogen-bond donors (Lipinski definition) is 1. The fraction of sp³-hybridized carbons (Fsp3) is 0.240. The molecule has 0 radical (unpaired) electrons. The first-order valence-corrected chi connectivity index (χ1v) is 11.0. The highest BCUT2D eigenvalue weighted by atomic mass is 32.1. The Labute approximate surface area is 192 Å². The monoisotopic (exact) mass is 444 g/mol. The van der Waals surface area contributed by atoms with Crippen molar-refractivity contribution >= 4 is 29.1 Å². The predicted molar refractivity (Wildman–Crippen MR) is 125 cm³/mol. The van der Waals surface area contributed by atoms with E-state index in [1.807, 2.05) is 54.6 Å². The summed E-state index contributed by atoms with van der Waals surface area (Å²) in [5, 5.41) is 2.98. The first kappa shape index (κ1) is 21.8. The van der Waals surface area contributed by atoms with E-state index in [1.165, 1.54) is 4.90 Å². The minimum Gasteiger partial charge on any atom is -0.302 e. The number of hydrogen-bond acceptors (Lipinski definition) is 5. The summed E-state index contributed by atoms with van der Waals surface area (Å²) < 4.78 is 0. The van der Waals surface area contributed by atoms with Gasteiger partial charge in [-0.15, -0.1) is 0 Å². The Morgan fingerprint density at radius 3 is 1.84 bits per heavy atom. The summed E-state index contributed by atoms with van der Waals surface area (Å²) in [6.07, 6.45) is 8.84. The Morgan fingerprint density at radius 1 is 0.781 bits per heavy atom. The van der Waals surface area contributed by atoms with Crippen molar-refractivity contribution in [3.05, 3.63) is 96.1 Å². The van der Waals surface area contributed by atoms with E-state index in [1.54, 1.807) is 24.8 Å².